The highest BCUT2D eigenvalue weighted by Crippen LogP contribution is 2.19. The van der Waals surface area contributed by atoms with E-state index in [1.165, 1.54) is 0 Å². The Morgan fingerprint density at radius 1 is 1.43 bits per heavy atom. The molecule has 0 aromatic heterocycles. The van der Waals surface area contributed by atoms with E-state index in [-0.39, 0.29) is 12.1 Å². The molecule has 0 aliphatic carbocycles. The van der Waals surface area contributed by atoms with Crippen LogP contribution in [-0.2, 0) is 6.54 Å². The predicted octanol–water partition coefficient (Wildman–Crippen LogP) is 2.64. The zero-order chi connectivity index (χ0) is 16.8. The molecule has 0 atom stereocenters. The molecule has 1 heterocycles. The third kappa shape index (κ3) is 4.48. The summed E-state index contributed by atoms with van der Waals surface area (Å²) in [6.45, 7) is 10.6. The fourth-order valence-electron chi connectivity index (χ4n) is 2.50. The minimum absolute atomic E-state index is 0.0661. The number of anilines is 1. The molecule has 6 nitrogen and oxygen atoms in total. The normalized spacial score (nSPS) is 13.7. The van der Waals surface area contributed by atoms with Crippen molar-refractivity contribution in [2.45, 2.75) is 20.4 Å². The van der Waals surface area contributed by atoms with E-state index < -0.39 is 0 Å². The van der Waals surface area contributed by atoms with E-state index in [9.17, 15) is 9.59 Å². The Morgan fingerprint density at radius 2 is 2.17 bits per heavy atom. The van der Waals surface area contributed by atoms with Crippen LogP contribution < -0.4 is 10.6 Å². The van der Waals surface area contributed by atoms with E-state index in [0.717, 1.165) is 16.8 Å². The van der Waals surface area contributed by atoms with Gasteiger partial charge in [0.1, 0.15) is 0 Å². The summed E-state index contributed by atoms with van der Waals surface area (Å²) in [5.74, 6) is 0. The Labute approximate surface area is 137 Å². The third-order valence-corrected chi connectivity index (χ3v) is 3.70. The fraction of sp³-hybridized carbons (Fsp3) is 0.412. The van der Waals surface area contributed by atoms with Gasteiger partial charge in [-0.1, -0.05) is 30.4 Å². The van der Waals surface area contributed by atoms with E-state index in [1.54, 1.807) is 9.80 Å². The molecular weight excluding hydrogens is 292 g/mol. The lowest BCUT2D eigenvalue weighted by molar-refractivity contribution is 0.215. The summed E-state index contributed by atoms with van der Waals surface area (Å²) >= 11 is 0. The zero-order valence-electron chi connectivity index (χ0n) is 13.8. The maximum atomic E-state index is 12.4. The van der Waals surface area contributed by atoms with Gasteiger partial charge in [-0.2, -0.15) is 0 Å². The molecule has 2 rings (SSSR count). The number of benzene rings is 1. The lowest BCUT2D eigenvalue weighted by Crippen LogP contribution is -2.36. The summed E-state index contributed by atoms with van der Waals surface area (Å²) in [6.07, 6.45) is 0. The Bertz CT molecular complexity index is 600. The molecule has 6 heteroatoms. The molecule has 0 spiro atoms. The third-order valence-electron chi connectivity index (χ3n) is 3.70. The molecule has 0 unspecified atom stereocenters. The van der Waals surface area contributed by atoms with Crippen LogP contribution in [0.4, 0.5) is 15.3 Å². The first kappa shape index (κ1) is 16.9. The van der Waals surface area contributed by atoms with E-state index in [4.69, 9.17) is 0 Å². The minimum atomic E-state index is -0.158. The number of rotatable bonds is 6. The lowest BCUT2D eigenvalue weighted by atomic mass is 10.1. The van der Waals surface area contributed by atoms with Crippen LogP contribution in [0.3, 0.4) is 0 Å². The molecule has 1 fully saturated rings. The van der Waals surface area contributed by atoms with E-state index >= 15 is 0 Å². The first-order valence-corrected chi connectivity index (χ1v) is 7.82. The Morgan fingerprint density at radius 3 is 2.78 bits per heavy atom. The topological polar surface area (TPSA) is 64.7 Å². The van der Waals surface area contributed by atoms with Crippen LogP contribution in [0.2, 0.25) is 0 Å². The van der Waals surface area contributed by atoms with Crippen molar-refractivity contribution in [1.29, 1.82) is 0 Å². The number of hydrogen-bond donors (Lipinski definition) is 2. The van der Waals surface area contributed by atoms with Gasteiger partial charge in [0.05, 0.1) is 0 Å². The molecule has 1 aliphatic rings. The monoisotopic (exact) mass is 316 g/mol. The summed E-state index contributed by atoms with van der Waals surface area (Å²) in [5, 5.41) is 5.72. The largest absolute Gasteiger partial charge is 0.336 e. The second kappa shape index (κ2) is 7.67. The molecule has 124 valence electrons. The maximum Gasteiger partial charge on any atom is 0.322 e. The number of nitrogens with zero attached hydrogens (tertiary/aromatic N) is 2. The maximum absolute atomic E-state index is 12.4. The Hall–Kier alpha value is -2.50. The Kier molecular flexibility index (Phi) is 5.62. The molecular formula is C17H24N4O2. The van der Waals surface area contributed by atoms with Crippen molar-refractivity contribution >= 4 is 17.7 Å². The molecule has 4 amide bonds. The molecule has 0 bridgehead atoms. The molecule has 1 aromatic rings. The number of urea groups is 2. The van der Waals surface area contributed by atoms with Gasteiger partial charge in [0, 0.05) is 38.4 Å². The number of amides is 4. The second-order valence-electron chi connectivity index (χ2n) is 5.71. The van der Waals surface area contributed by atoms with Crippen LogP contribution in [0.15, 0.2) is 36.4 Å². The van der Waals surface area contributed by atoms with Crippen molar-refractivity contribution in [2.75, 3.05) is 31.5 Å². The fourth-order valence-corrected chi connectivity index (χ4v) is 2.50. The smallest absolute Gasteiger partial charge is 0.322 e. The molecule has 1 aromatic carbocycles. The van der Waals surface area contributed by atoms with Crippen LogP contribution in [0.5, 0.6) is 0 Å². The minimum Gasteiger partial charge on any atom is -0.336 e. The van der Waals surface area contributed by atoms with Crippen LogP contribution in [0.25, 0.3) is 0 Å². The van der Waals surface area contributed by atoms with Gasteiger partial charge in [-0.05, 0) is 25.5 Å². The number of carbonyl (C=O) groups excluding carboxylic acids is 2. The van der Waals surface area contributed by atoms with Crippen molar-refractivity contribution in [3.05, 3.63) is 42.0 Å². The van der Waals surface area contributed by atoms with Crippen LogP contribution in [0, 0.1) is 0 Å². The summed E-state index contributed by atoms with van der Waals surface area (Å²) in [5.41, 5.74) is 2.59. The average molecular weight is 316 g/mol. The van der Waals surface area contributed by atoms with Gasteiger partial charge < -0.3 is 20.4 Å². The summed E-state index contributed by atoms with van der Waals surface area (Å²) in [6, 6.07) is 7.34. The molecule has 1 saturated heterocycles. The standard InChI is InChI=1S/C17H24N4O2/c1-4-20(11-13(2)3)17(23)19-15-8-6-5-7-14(15)12-21-10-9-18-16(21)22/h5-8H,2,4,9-12H2,1,3H3,(H,18,22)(H,19,23). The van der Waals surface area contributed by atoms with E-state index in [0.29, 0.717) is 32.7 Å². The SMILES string of the molecule is C=C(C)CN(CC)C(=O)Nc1ccccc1CN1CCNC1=O. The average Bonchev–Trinajstić information content (AvgIpc) is 2.91. The number of nitrogens with one attached hydrogen (secondary N) is 2. The second-order valence-corrected chi connectivity index (χ2v) is 5.71. The summed E-state index contributed by atoms with van der Waals surface area (Å²) < 4.78 is 0. The lowest BCUT2D eigenvalue weighted by Gasteiger charge is -2.23. The molecule has 0 radical (unpaired) electrons. The van der Waals surface area contributed by atoms with Gasteiger partial charge in [-0.3, -0.25) is 0 Å². The van der Waals surface area contributed by atoms with Crippen molar-refractivity contribution in [3.63, 3.8) is 0 Å². The predicted molar refractivity (Wildman–Crippen MR) is 91.3 cm³/mol. The molecule has 0 saturated carbocycles. The van der Waals surface area contributed by atoms with Crippen LogP contribution >= 0.6 is 0 Å². The summed E-state index contributed by atoms with van der Waals surface area (Å²) in [7, 11) is 0. The number of carbonyl (C=O) groups is 2. The molecule has 2 N–H and O–H groups in total. The van der Waals surface area contributed by atoms with Crippen molar-refractivity contribution in [1.82, 2.24) is 15.1 Å². The van der Waals surface area contributed by atoms with Gasteiger partial charge in [0.15, 0.2) is 0 Å². The molecule has 1 aliphatic heterocycles. The summed E-state index contributed by atoms with van der Waals surface area (Å²) in [4.78, 5) is 27.5. The van der Waals surface area contributed by atoms with Crippen molar-refractivity contribution in [2.24, 2.45) is 0 Å². The number of likely N-dealkylation sites (N-methyl/N-ethyl adjacent to an activating group) is 1. The van der Waals surface area contributed by atoms with Gasteiger partial charge in [-0.25, -0.2) is 9.59 Å². The highest BCUT2D eigenvalue weighted by molar-refractivity contribution is 5.90. The first-order chi connectivity index (χ1) is 11.0. The van der Waals surface area contributed by atoms with Crippen LogP contribution in [-0.4, -0.2) is 48.0 Å². The van der Waals surface area contributed by atoms with Crippen molar-refractivity contribution in [3.8, 4) is 0 Å². The van der Waals surface area contributed by atoms with Crippen molar-refractivity contribution < 1.29 is 9.59 Å². The van der Waals surface area contributed by atoms with Gasteiger partial charge >= 0.3 is 12.1 Å². The number of hydrogen-bond acceptors (Lipinski definition) is 2. The Balaban J connectivity index is 2.08. The van der Waals surface area contributed by atoms with E-state index in [1.807, 2.05) is 38.1 Å². The van der Waals surface area contributed by atoms with Crippen LogP contribution in [0.1, 0.15) is 19.4 Å². The highest BCUT2D eigenvalue weighted by Gasteiger charge is 2.21. The van der Waals surface area contributed by atoms with E-state index in [2.05, 4.69) is 17.2 Å². The highest BCUT2D eigenvalue weighted by atomic mass is 16.2. The van der Waals surface area contributed by atoms with Gasteiger partial charge in [0.2, 0.25) is 0 Å². The van der Waals surface area contributed by atoms with Gasteiger partial charge in [0.25, 0.3) is 0 Å². The quantitative estimate of drug-likeness (QED) is 0.792. The molecule has 23 heavy (non-hydrogen) atoms. The van der Waals surface area contributed by atoms with Gasteiger partial charge in [-0.15, -0.1) is 0 Å². The zero-order valence-corrected chi connectivity index (χ0v) is 13.8. The number of para-hydroxylation sites is 1. The first-order valence-electron chi connectivity index (χ1n) is 7.82.